The van der Waals surface area contributed by atoms with E-state index in [1.54, 1.807) is 38.3 Å². The Morgan fingerprint density at radius 3 is 2.52 bits per heavy atom. The standard InChI is InChI=1S/C16H20F2N2O3/c1-3-23-15(21)9-12(8-14(19)16(17)18)20-10-11-4-6-13(22-2)7-5-11/h4-8,16H,3,9-10,19H2,1-2H3. The van der Waals surface area contributed by atoms with Gasteiger partial charge in [-0.25, -0.2) is 8.78 Å². The van der Waals surface area contributed by atoms with Crippen molar-refractivity contribution in [3.05, 3.63) is 41.6 Å². The number of hydrogen-bond donors (Lipinski definition) is 1. The number of halogens is 2. The molecule has 2 N–H and O–H groups in total. The van der Waals surface area contributed by atoms with Gasteiger partial charge in [-0.05, 0) is 30.7 Å². The molecule has 1 aromatic rings. The van der Waals surface area contributed by atoms with Crippen LogP contribution < -0.4 is 10.5 Å². The molecule has 23 heavy (non-hydrogen) atoms. The third-order valence-electron chi connectivity index (χ3n) is 2.84. The van der Waals surface area contributed by atoms with Gasteiger partial charge in [0, 0.05) is 5.71 Å². The Labute approximate surface area is 133 Å². The van der Waals surface area contributed by atoms with Crippen LogP contribution in [0.25, 0.3) is 0 Å². The number of ether oxygens (including phenoxy) is 2. The lowest BCUT2D eigenvalue weighted by atomic mass is 10.2. The third-order valence-corrected chi connectivity index (χ3v) is 2.84. The molecule has 7 heteroatoms. The maximum Gasteiger partial charge on any atom is 0.311 e. The van der Waals surface area contributed by atoms with E-state index < -0.39 is 18.1 Å². The summed E-state index contributed by atoms with van der Waals surface area (Å²) in [5, 5.41) is 0. The molecule has 1 aromatic carbocycles. The van der Waals surface area contributed by atoms with E-state index in [4.69, 9.17) is 15.2 Å². The molecule has 0 heterocycles. The first-order chi connectivity index (χ1) is 11.0. The number of alkyl halides is 2. The first-order valence-electron chi connectivity index (χ1n) is 7.03. The summed E-state index contributed by atoms with van der Waals surface area (Å²) in [5.74, 6) is 0.158. The van der Waals surface area contributed by atoms with Gasteiger partial charge in [0.15, 0.2) is 0 Å². The number of nitrogens with two attached hydrogens (primary N) is 1. The van der Waals surface area contributed by atoms with Gasteiger partial charge in [-0.2, -0.15) is 0 Å². The van der Waals surface area contributed by atoms with Crippen LogP contribution in [0.1, 0.15) is 18.9 Å². The molecule has 0 amide bonds. The normalized spacial score (nSPS) is 12.4. The van der Waals surface area contributed by atoms with Gasteiger partial charge in [-0.1, -0.05) is 12.1 Å². The van der Waals surface area contributed by atoms with Gasteiger partial charge >= 0.3 is 5.97 Å². The zero-order valence-electron chi connectivity index (χ0n) is 13.1. The summed E-state index contributed by atoms with van der Waals surface area (Å²) in [5.41, 5.74) is 5.59. The first kappa shape index (κ1) is 18.6. The van der Waals surface area contributed by atoms with E-state index >= 15 is 0 Å². The van der Waals surface area contributed by atoms with Gasteiger partial charge < -0.3 is 15.2 Å². The Morgan fingerprint density at radius 2 is 2.00 bits per heavy atom. The number of esters is 1. The summed E-state index contributed by atoms with van der Waals surface area (Å²) in [6.07, 6.45) is -1.99. The zero-order chi connectivity index (χ0) is 17.2. The number of benzene rings is 1. The SMILES string of the molecule is CCOC(=O)CC(C=C(N)C(F)F)=NCc1ccc(OC)cc1. The van der Waals surface area contributed by atoms with Crippen LogP contribution in [-0.4, -0.2) is 31.8 Å². The number of hydrogen-bond acceptors (Lipinski definition) is 5. The van der Waals surface area contributed by atoms with E-state index in [1.807, 2.05) is 0 Å². The molecule has 0 saturated carbocycles. The van der Waals surface area contributed by atoms with Crippen molar-refractivity contribution >= 4 is 11.7 Å². The lowest BCUT2D eigenvalue weighted by molar-refractivity contribution is -0.141. The second-order valence-electron chi connectivity index (χ2n) is 4.58. The van der Waals surface area contributed by atoms with Crippen LogP contribution >= 0.6 is 0 Å². The molecule has 0 aromatic heterocycles. The van der Waals surface area contributed by atoms with Gasteiger partial charge in [0.25, 0.3) is 6.43 Å². The summed E-state index contributed by atoms with van der Waals surface area (Å²) < 4.78 is 34.9. The molecule has 0 atom stereocenters. The monoisotopic (exact) mass is 326 g/mol. The van der Waals surface area contributed by atoms with Gasteiger partial charge in [0.2, 0.25) is 0 Å². The summed E-state index contributed by atoms with van der Waals surface area (Å²) in [6, 6.07) is 7.12. The fourth-order valence-corrected chi connectivity index (χ4v) is 1.69. The maximum absolute atomic E-state index is 12.5. The van der Waals surface area contributed by atoms with Crippen molar-refractivity contribution in [2.45, 2.75) is 26.3 Å². The fourth-order valence-electron chi connectivity index (χ4n) is 1.69. The Morgan fingerprint density at radius 1 is 1.35 bits per heavy atom. The number of rotatable bonds is 8. The Kier molecular flexibility index (Phi) is 7.73. The fraction of sp³-hybridized carbons (Fsp3) is 0.375. The number of methoxy groups -OCH3 is 1. The molecule has 0 aliphatic rings. The van der Waals surface area contributed by atoms with Gasteiger partial charge in [-0.3, -0.25) is 9.79 Å². The highest BCUT2D eigenvalue weighted by atomic mass is 19.3. The highest BCUT2D eigenvalue weighted by Crippen LogP contribution is 2.12. The lowest BCUT2D eigenvalue weighted by Gasteiger charge is -2.06. The van der Waals surface area contributed by atoms with Crippen LogP contribution in [0, 0.1) is 0 Å². The van der Waals surface area contributed by atoms with Crippen LogP contribution in [0.5, 0.6) is 5.75 Å². The molecule has 1 rings (SSSR count). The zero-order valence-corrected chi connectivity index (χ0v) is 13.1. The van der Waals surface area contributed by atoms with E-state index in [9.17, 15) is 13.6 Å². The summed E-state index contributed by atoms with van der Waals surface area (Å²) in [4.78, 5) is 15.7. The van der Waals surface area contributed by atoms with Gasteiger partial charge in [-0.15, -0.1) is 0 Å². The van der Waals surface area contributed by atoms with Crippen molar-refractivity contribution < 1.29 is 23.0 Å². The quantitative estimate of drug-likeness (QED) is 0.589. The Balaban J connectivity index is 2.87. The highest BCUT2D eigenvalue weighted by Gasteiger charge is 2.11. The Bertz CT molecular complexity index is 569. The summed E-state index contributed by atoms with van der Waals surface area (Å²) >= 11 is 0. The second-order valence-corrected chi connectivity index (χ2v) is 4.58. The number of carbonyl (C=O) groups is 1. The molecule has 0 aliphatic heterocycles. The van der Waals surface area contributed by atoms with Crippen LogP contribution in [0.15, 0.2) is 41.0 Å². The van der Waals surface area contributed by atoms with Crippen LogP contribution in [-0.2, 0) is 16.1 Å². The lowest BCUT2D eigenvalue weighted by Crippen LogP contribution is -2.14. The minimum Gasteiger partial charge on any atom is -0.497 e. The number of allylic oxidation sites excluding steroid dienone is 2. The van der Waals surface area contributed by atoms with Crippen LogP contribution in [0.4, 0.5) is 8.78 Å². The molecule has 0 saturated heterocycles. The highest BCUT2D eigenvalue weighted by molar-refractivity contribution is 6.05. The van der Waals surface area contributed by atoms with E-state index in [0.29, 0.717) is 5.75 Å². The van der Waals surface area contributed by atoms with E-state index in [0.717, 1.165) is 11.6 Å². The molecule has 0 aliphatic carbocycles. The average Bonchev–Trinajstić information content (AvgIpc) is 2.53. The van der Waals surface area contributed by atoms with Gasteiger partial charge in [0.1, 0.15) is 5.75 Å². The number of aliphatic imine (C=N–C) groups is 1. The molecule has 0 bridgehead atoms. The maximum atomic E-state index is 12.5. The first-order valence-corrected chi connectivity index (χ1v) is 7.03. The summed E-state index contributed by atoms with van der Waals surface area (Å²) in [6.45, 7) is 2.10. The van der Waals surface area contributed by atoms with Crippen LogP contribution in [0.3, 0.4) is 0 Å². The second kappa shape index (κ2) is 9.55. The van der Waals surface area contributed by atoms with E-state index in [-0.39, 0.29) is 25.3 Å². The average molecular weight is 326 g/mol. The molecule has 5 nitrogen and oxygen atoms in total. The van der Waals surface area contributed by atoms with E-state index in [1.165, 1.54) is 0 Å². The van der Waals surface area contributed by atoms with E-state index in [2.05, 4.69) is 4.99 Å². The molecule has 0 fully saturated rings. The largest absolute Gasteiger partial charge is 0.497 e. The molecular formula is C16H20F2N2O3. The minimum absolute atomic E-state index is 0.150. The summed E-state index contributed by atoms with van der Waals surface area (Å²) in [7, 11) is 1.56. The topological polar surface area (TPSA) is 73.9 Å². The third kappa shape index (κ3) is 6.90. The Hall–Kier alpha value is -2.44. The minimum atomic E-state index is -2.80. The van der Waals surface area contributed by atoms with Crippen molar-refractivity contribution in [1.29, 1.82) is 0 Å². The number of nitrogens with zero attached hydrogens (tertiary/aromatic N) is 1. The van der Waals surface area contributed by atoms with Crippen molar-refractivity contribution in [2.24, 2.45) is 10.7 Å². The van der Waals surface area contributed by atoms with Crippen molar-refractivity contribution in [1.82, 2.24) is 0 Å². The van der Waals surface area contributed by atoms with Crippen LogP contribution in [0.2, 0.25) is 0 Å². The smallest absolute Gasteiger partial charge is 0.311 e. The van der Waals surface area contributed by atoms with Crippen molar-refractivity contribution in [2.75, 3.05) is 13.7 Å². The molecular weight excluding hydrogens is 306 g/mol. The predicted octanol–water partition coefficient (Wildman–Crippen LogP) is 2.70. The molecule has 0 spiro atoms. The molecule has 0 radical (unpaired) electrons. The number of carbonyl (C=O) groups excluding carboxylic acids is 1. The predicted molar refractivity (Wildman–Crippen MR) is 83.7 cm³/mol. The van der Waals surface area contributed by atoms with Crippen molar-refractivity contribution in [3.8, 4) is 5.75 Å². The van der Waals surface area contributed by atoms with Gasteiger partial charge in [0.05, 0.1) is 32.4 Å². The molecule has 0 unspecified atom stereocenters. The van der Waals surface area contributed by atoms with Crippen molar-refractivity contribution in [3.63, 3.8) is 0 Å². The molecule has 126 valence electrons.